The first-order chi connectivity index (χ1) is 10.5. The standard InChI is InChI=1S/C16H22BrN3O2/c1-10-13(17)9-18-20(10)11(2)16(22)19-8-7-15(21)12-5-3-4-6-14(12)19/h9,11-12,14H,3-8H2,1-2H3/t11-,12+,14-/m0/s1. The van der Waals surface area contributed by atoms with Crippen LogP contribution >= 0.6 is 15.9 Å². The Morgan fingerprint density at radius 2 is 2.14 bits per heavy atom. The van der Waals surface area contributed by atoms with E-state index in [2.05, 4.69) is 21.0 Å². The maximum Gasteiger partial charge on any atom is 0.247 e. The van der Waals surface area contributed by atoms with Crippen LogP contribution < -0.4 is 0 Å². The lowest BCUT2D eigenvalue weighted by Gasteiger charge is -2.44. The normalized spacial score (nSPS) is 26.7. The molecular weight excluding hydrogens is 346 g/mol. The van der Waals surface area contributed by atoms with Crippen LogP contribution in [0.15, 0.2) is 10.7 Å². The van der Waals surface area contributed by atoms with Crippen LogP contribution in [0.5, 0.6) is 0 Å². The van der Waals surface area contributed by atoms with E-state index in [-0.39, 0.29) is 23.9 Å². The Morgan fingerprint density at radius 3 is 2.82 bits per heavy atom. The number of hydrogen-bond donors (Lipinski definition) is 0. The van der Waals surface area contributed by atoms with Crippen LogP contribution in [0.25, 0.3) is 0 Å². The molecular formula is C16H22BrN3O2. The average molecular weight is 368 g/mol. The third-order valence-corrected chi connectivity index (χ3v) is 5.91. The third-order valence-electron chi connectivity index (χ3n) is 5.13. The molecule has 1 saturated heterocycles. The quantitative estimate of drug-likeness (QED) is 0.807. The molecule has 0 bridgehead atoms. The van der Waals surface area contributed by atoms with Crippen molar-refractivity contribution in [1.82, 2.24) is 14.7 Å². The highest BCUT2D eigenvalue weighted by Crippen LogP contribution is 2.34. The summed E-state index contributed by atoms with van der Waals surface area (Å²) in [7, 11) is 0. The Bertz CT molecular complexity index is 598. The summed E-state index contributed by atoms with van der Waals surface area (Å²) in [6.45, 7) is 4.40. The van der Waals surface area contributed by atoms with E-state index in [1.165, 1.54) is 0 Å². The van der Waals surface area contributed by atoms with Gasteiger partial charge in [-0.1, -0.05) is 12.8 Å². The van der Waals surface area contributed by atoms with Gasteiger partial charge in [0, 0.05) is 24.9 Å². The van der Waals surface area contributed by atoms with Gasteiger partial charge in [-0.2, -0.15) is 5.10 Å². The van der Waals surface area contributed by atoms with Gasteiger partial charge < -0.3 is 4.90 Å². The fourth-order valence-corrected chi connectivity index (χ4v) is 4.13. The predicted octanol–water partition coefficient (Wildman–Crippen LogP) is 2.88. The molecule has 3 rings (SSSR count). The Hall–Kier alpha value is -1.17. The SMILES string of the molecule is Cc1c(Br)cnn1[C@@H](C)C(=O)N1CCC(=O)[C@@H]2CCCC[C@@H]21. The predicted molar refractivity (Wildman–Crippen MR) is 86.5 cm³/mol. The van der Waals surface area contributed by atoms with Crippen LogP contribution in [0.4, 0.5) is 0 Å². The number of piperidine rings is 1. The maximum absolute atomic E-state index is 13.0. The number of halogens is 1. The largest absolute Gasteiger partial charge is 0.337 e. The van der Waals surface area contributed by atoms with E-state index in [1.54, 1.807) is 10.9 Å². The van der Waals surface area contributed by atoms with Gasteiger partial charge in [0.25, 0.3) is 0 Å². The molecule has 2 fully saturated rings. The monoisotopic (exact) mass is 367 g/mol. The lowest BCUT2D eigenvalue weighted by molar-refractivity contribution is -0.145. The number of nitrogens with zero attached hydrogens (tertiary/aromatic N) is 3. The molecule has 22 heavy (non-hydrogen) atoms. The third kappa shape index (κ3) is 2.62. The van der Waals surface area contributed by atoms with Crippen molar-refractivity contribution < 1.29 is 9.59 Å². The molecule has 1 aliphatic carbocycles. The minimum absolute atomic E-state index is 0.0594. The van der Waals surface area contributed by atoms with Crippen molar-refractivity contribution in [2.75, 3.05) is 6.54 Å². The van der Waals surface area contributed by atoms with E-state index in [4.69, 9.17) is 0 Å². The highest BCUT2D eigenvalue weighted by Gasteiger charge is 2.41. The molecule has 0 N–H and O–H groups in total. The van der Waals surface area contributed by atoms with E-state index in [0.717, 1.165) is 35.8 Å². The second-order valence-electron chi connectivity index (χ2n) is 6.40. The topological polar surface area (TPSA) is 55.2 Å². The molecule has 1 saturated carbocycles. The highest BCUT2D eigenvalue weighted by atomic mass is 79.9. The number of hydrogen-bond acceptors (Lipinski definition) is 3. The molecule has 0 aromatic carbocycles. The number of aromatic nitrogens is 2. The van der Waals surface area contributed by atoms with E-state index in [0.29, 0.717) is 18.7 Å². The number of ketones is 1. The van der Waals surface area contributed by atoms with Gasteiger partial charge in [0.15, 0.2) is 0 Å². The van der Waals surface area contributed by atoms with Crippen LogP contribution in [-0.4, -0.2) is 39.0 Å². The Kier molecular flexibility index (Phi) is 4.39. The highest BCUT2D eigenvalue weighted by molar-refractivity contribution is 9.10. The van der Waals surface area contributed by atoms with Crippen LogP contribution in [-0.2, 0) is 9.59 Å². The number of Topliss-reactive ketones (excluding diaryl/α,β-unsaturated/α-hetero) is 1. The van der Waals surface area contributed by atoms with Gasteiger partial charge >= 0.3 is 0 Å². The van der Waals surface area contributed by atoms with Crippen LogP contribution in [0.3, 0.4) is 0 Å². The van der Waals surface area contributed by atoms with Gasteiger partial charge in [0.1, 0.15) is 11.8 Å². The van der Waals surface area contributed by atoms with E-state index in [9.17, 15) is 9.59 Å². The molecule has 3 atom stereocenters. The molecule has 0 radical (unpaired) electrons. The number of carbonyl (C=O) groups is 2. The van der Waals surface area contributed by atoms with E-state index in [1.807, 2.05) is 18.7 Å². The molecule has 1 aromatic rings. The fourth-order valence-electron chi connectivity index (χ4n) is 3.85. The summed E-state index contributed by atoms with van der Waals surface area (Å²) in [5, 5.41) is 4.31. The van der Waals surface area contributed by atoms with E-state index >= 15 is 0 Å². The summed E-state index contributed by atoms with van der Waals surface area (Å²) in [4.78, 5) is 27.0. The zero-order valence-corrected chi connectivity index (χ0v) is 14.7. The molecule has 5 nitrogen and oxygen atoms in total. The van der Waals surface area contributed by atoms with E-state index < -0.39 is 0 Å². The lowest BCUT2D eigenvalue weighted by atomic mass is 9.77. The summed E-state index contributed by atoms with van der Waals surface area (Å²) in [6, 6.07) is -0.230. The minimum Gasteiger partial charge on any atom is -0.337 e. The summed E-state index contributed by atoms with van der Waals surface area (Å²) < 4.78 is 2.68. The van der Waals surface area contributed by atoms with Gasteiger partial charge in [-0.25, -0.2) is 0 Å². The molecule has 1 aliphatic heterocycles. The summed E-state index contributed by atoms with van der Waals surface area (Å²) in [5.74, 6) is 0.492. The van der Waals surface area contributed by atoms with Crippen LogP contribution in [0.2, 0.25) is 0 Å². The van der Waals surface area contributed by atoms with Crippen molar-refractivity contribution in [3.63, 3.8) is 0 Å². The first kappa shape index (κ1) is 15.7. The van der Waals surface area contributed by atoms with Gasteiger partial charge in [0.05, 0.1) is 16.4 Å². The summed E-state index contributed by atoms with van der Waals surface area (Å²) in [6.07, 6.45) is 6.34. The Labute approximate surface area is 139 Å². The zero-order chi connectivity index (χ0) is 15.9. The van der Waals surface area contributed by atoms with Crippen molar-refractivity contribution in [3.8, 4) is 0 Å². The van der Waals surface area contributed by atoms with Crippen LogP contribution in [0, 0.1) is 12.8 Å². The Morgan fingerprint density at radius 1 is 1.41 bits per heavy atom. The number of carbonyl (C=O) groups excluding carboxylic acids is 2. The molecule has 0 unspecified atom stereocenters. The minimum atomic E-state index is -0.331. The summed E-state index contributed by atoms with van der Waals surface area (Å²) >= 11 is 3.44. The van der Waals surface area contributed by atoms with Crippen molar-refractivity contribution in [3.05, 3.63) is 16.4 Å². The molecule has 0 spiro atoms. The van der Waals surface area contributed by atoms with Gasteiger partial charge in [-0.05, 0) is 42.6 Å². The molecule has 2 aliphatic rings. The zero-order valence-electron chi connectivity index (χ0n) is 13.1. The van der Waals surface area contributed by atoms with Gasteiger partial charge in [-0.3, -0.25) is 14.3 Å². The molecule has 2 heterocycles. The Balaban J connectivity index is 1.81. The van der Waals surface area contributed by atoms with Crippen LogP contribution in [0.1, 0.15) is 50.8 Å². The second-order valence-corrected chi connectivity index (χ2v) is 7.26. The molecule has 120 valence electrons. The number of rotatable bonds is 2. The first-order valence-electron chi connectivity index (χ1n) is 8.03. The fraction of sp³-hybridized carbons (Fsp3) is 0.688. The first-order valence-corrected chi connectivity index (χ1v) is 8.83. The second kappa shape index (κ2) is 6.14. The lowest BCUT2D eigenvalue weighted by Crippen LogP contribution is -2.54. The van der Waals surface area contributed by atoms with Crippen molar-refractivity contribution >= 4 is 27.6 Å². The van der Waals surface area contributed by atoms with Gasteiger partial charge in [0.2, 0.25) is 5.91 Å². The van der Waals surface area contributed by atoms with Crippen molar-refractivity contribution in [2.24, 2.45) is 5.92 Å². The molecule has 1 aromatic heterocycles. The molecule has 1 amide bonds. The number of amides is 1. The smallest absolute Gasteiger partial charge is 0.247 e. The van der Waals surface area contributed by atoms with Crippen molar-refractivity contribution in [1.29, 1.82) is 0 Å². The number of likely N-dealkylation sites (tertiary alicyclic amines) is 1. The van der Waals surface area contributed by atoms with Gasteiger partial charge in [-0.15, -0.1) is 0 Å². The van der Waals surface area contributed by atoms with Crippen molar-refractivity contribution in [2.45, 2.75) is 58.0 Å². The molecule has 6 heteroatoms. The maximum atomic E-state index is 13.0. The summed E-state index contributed by atoms with van der Waals surface area (Å²) in [5.41, 5.74) is 0.953. The number of fused-ring (bicyclic) bond motifs is 1. The average Bonchev–Trinajstić information content (AvgIpc) is 2.86.